The van der Waals surface area contributed by atoms with E-state index in [-0.39, 0.29) is 0 Å². The van der Waals surface area contributed by atoms with Crippen LogP contribution < -0.4 is 10.1 Å². The molecule has 0 spiro atoms. The number of hydrogen-bond donors (Lipinski definition) is 1. The highest BCUT2D eigenvalue weighted by atomic mass is 32.2. The van der Waals surface area contributed by atoms with E-state index in [4.69, 9.17) is 4.74 Å². The third kappa shape index (κ3) is 4.19. The Bertz CT molecular complexity index is 707. The van der Waals surface area contributed by atoms with E-state index in [0.717, 1.165) is 17.0 Å². The van der Waals surface area contributed by atoms with Crippen molar-refractivity contribution in [1.29, 1.82) is 0 Å². The number of nitrogens with one attached hydrogen (secondary N) is 1. The van der Waals surface area contributed by atoms with Gasteiger partial charge < -0.3 is 10.1 Å². The van der Waals surface area contributed by atoms with Crippen molar-refractivity contribution in [2.24, 2.45) is 0 Å². The molecule has 3 nitrogen and oxygen atoms in total. The van der Waals surface area contributed by atoms with Gasteiger partial charge in [-0.15, -0.1) is 11.8 Å². The van der Waals surface area contributed by atoms with Crippen LogP contribution in [0.4, 0.5) is 18.9 Å². The minimum atomic E-state index is -1.64. The summed E-state index contributed by atoms with van der Waals surface area (Å²) in [7, 11) is 0. The zero-order valence-electron chi connectivity index (χ0n) is 12.4. The summed E-state index contributed by atoms with van der Waals surface area (Å²) in [4.78, 5) is 13.0. The number of ether oxygens (including phenoxy) is 1. The highest BCUT2D eigenvalue weighted by molar-refractivity contribution is 7.98. The van der Waals surface area contributed by atoms with Crippen LogP contribution in [0.25, 0.3) is 0 Å². The Labute approximate surface area is 135 Å². The average Bonchev–Trinajstić information content (AvgIpc) is 2.56. The molecule has 7 heteroatoms. The zero-order chi connectivity index (χ0) is 17.0. The van der Waals surface area contributed by atoms with Gasteiger partial charge in [-0.1, -0.05) is 0 Å². The molecule has 1 atom stereocenters. The lowest BCUT2D eigenvalue weighted by molar-refractivity contribution is -0.122. The van der Waals surface area contributed by atoms with Gasteiger partial charge in [-0.3, -0.25) is 4.79 Å². The SMILES string of the molecule is CSc1ccc(OC(C)C(=O)Nc2ccc(F)c(F)c2F)cc1. The van der Waals surface area contributed by atoms with Gasteiger partial charge in [0.1, 0.15) is 5.75 Å². The van der Waals surface area contributed by atoms with Gasteiger partial charge in [0.05, 0.1) is 5.69 Å². The van der Waals surface area contributed by atoms with Crippen LogP contribution in [-0.4, -0.2) is 18.3 Å². The first-order valence-electron chi connectivity index (χ1n) is 6.67. The fourth-order valence-electron chi connectivity index (χ4n) is 1.77. The van der Waals surface area contributed by atoms with Crippen LogP contribution in [0.15, 0.2) is 41.3 Å². The van der Waals surface area contributed by atoms with Crippen LogP contribution in [0, 0.1) is 17.5 Å². The number of hydrogen-bond acceptors (Lipinski definition) is 3. The molecule has 0 radical (unpaired) electrons. The molecule has 23 heavy (non-hydrogen) atoms. The smallest absolute Gasteiger partial charge is 0.265 e. The predicted molar refractivity (Wildman–Crippen MR) is 83.3 cm³/mol. The van der Waals surface area contributed by atoms with Crippen LogP contribution in [0.2, 0.25) is 0 Å². The van der Waals surface area contributed by atoms with Crippen molar-refractivity contribution in [1.82, 2.24) is 0 Å². The highest BCUT2D eigenvalue weighted by Crippen LogP contribution is 2.22. The molecule has 0 aromatic heterocycles. The highest BCUT2D eigenvalue weighted by Gasteiger charge is 2.19. The quantitative estimate of drug-likeness (QED) is 0.653. The number of halogens is 3. The van der Waals surface area contributed by atoms with Crippen molar-refractivity contribution in [2.75, 3.05) is 11.6 Å². The second kappa shape index (κ2) is 7.41. The van der Waals surface area contributed by atoms with Gasteiger partial charge in [0.2, 0.25) is 0 Å². The number of thioether (sulfide) groups is 1. The topological polar surface area (TPSA) is 38.3 Å². The van der Waals surface area contributed by atoms with Crippen LogP contribution >= 0.6 is 11.8 Å². The largest absolute Gasteiger partial charge is 0.481 e. The molecular formula is C16H14F3NO2S. The fourth-order valence-corrected chi connectivity index (χ4v) is 2.18. The maximum atomic E-state index is 13.5. The fraction of sp³-hybridized carbons (Fsp3) is 0.188. The molecule has 2 rings (SSSR count). The van der Waals surface area contributed by atoms with E-state index < -0.39 is 35.2 Å². The number of benzene rings is 2. The van der Waals surface area contributed by atoms with Gasteiger partial charge in [-0.25, -0.2) is 13.2 Å². The normalized spacial score (nSPS) is 11.9. The summed E-state index contributed by atoms with van der Waals surface area (Å²) in [5.74, 6) is -4.61. The minimum Gasteiger partial charge on any atom is -0.481 e. The molecule has 0 aliphatic heterocycles. The Balaban J connectivity index is 2.03. The van der Waals surface area contributed by atoms with Crippen molar-refractivity contribution in [3.63, 3.8) is 0 Å². The number of anilines is 1. The Kier molecular flexibility index (Phi) is 5.54. The Morgan fingerprint density at radius 3 is 2.35 bits per heavy atom. The lowest BCUT2D eigenvalue weighted by Crippen LogP contribution is -2.30. The Morgan fingerprint density at radius 1 is 1.09 bits per heavy atom. The maximum absolute atomic E-state index is 13.5. The molecule has 0 aliphatic rings. The summed E-state index contributed by atoms with van der Waals surface area (Å²) in [6.07, 6.45) is 0.991. The molecule has 1 unspecified atom stereocenters. The number of amides is 1. The maximum Gasteiger partial charge on any atom is 0.265 e. The van der Waals surface area contributed by atoms with Crippen molar-refractivity contribution >= 4 is 23.4 Å². The molecule has 0 saturated heterocycles. The van der Waals surface area contributed by atoms with Crippen molar-refractivity contribution < 1.29 is 22.7 Å². The summed E-state index contributed by atoms with van der Waals surface area (Å²) in [6, 6.07) is 8.76. The van der Waals surface area contributed by atoms with Crippen LogP contribution in [0.3, 0.4) is 0 Å². The van der Waals surface area contributed by atoms with Crippen molar-refractivity contribution in [2.45, 2.75) is 17.9 Å². The van der Waals surface area contributed by atoms with Gasteiger partial charge >= 0.3 is 0 Å². The molecule has 0 aliphatic carbocycles. The Morgan fingerprint density at radius 2 is 1.74 bits per heavy atom. The lowest BCUT2D eigenvalue weighted by Gasteiger charge is -2.15. The molecule has 2 aromatic rings. The minimum absolute atomic E-state index is 0.443. The molecule has 0 fully saturated rings. The van der Waals surface area contributed by atoms with Crippen molar-refractivity contribution in [3.8, 4) is 5.75 Å². The summed E-state index contributed by atoms with van der Waals surface area (Å²) < 4.78 is 44.9. The first-order valence-corrected chi connectivity index (χ1v) is 7.90. The molecule has 1 amide bonds. The van der Waals surface area contributed by atoms with E-state index in [9.17, 15) is 18.0 Å². The molecular weight excluding hydrogens is 327 g/mol. The second-order valence-electron chi connectivity index (χ2n) is 4.65. The van der Waals surface area contributed by atoms with E-state index in [2.05, 4.69) is 5.32 Å². The third-order valence-corrected chi connectivity index (χ3v) is 3.78. The zero-order valence-corrected chi connectivity index (χ0v) is 13.2. The summed E-state index contributed by atoms with van der Waals surface area (Å²) in [5.41, 5.74) is -0.443. The van der Waals surface area contributed by atoms with Crippen LogP contribution in [-0.2, 0) is 4.79 Å². The predicted octanol–water partition coefficient (Wildman–Crippen LogP) is 4.23. The Hall–Kier alpha value is -2.15. The number of rotatable bonds is 5. The second-order valence-corrected chi connectivity index (χ2v) is 5.53. The van der Waals surface area contributed by atoms with E-state index in [1.807, 2.05) is 18.4 Å². The van der Waals surface area contributed by atoms with Crippen LogP contribution in [0.1, 0.15) is 6.92 Å². The number of carbonyl (C=O) groups is 1. The van der Waals surface area contributed by atoms with Crippen molar-refractivity contribution in [3.05, 3.63) is 53.8 Å². The molecule has 0 saturated carbocycles. The van der Waals surface area contributed by atoms with Gasteiger partial charge in [0.15, 0.2) is 23.6 Å². The van der Waals surface area contributed by atoms with Crippen LogP contribution in [0.5, 0.6) is 5.75 Å². The van der Waals surface area contributed by atoms with E-state index in [0.29, 0.717) is 5.75 Å². The molecule has 0 bridgehead atoms. The molecule has 122 valence electrons. The van der Waals surface area contributed by atoms with Gasteiger partial charge in [-0.2, -0.15) is 0 Å². The molecule has 0 heterocycles. The molecule has 1 N–H and O–H groups in total. The average molecular weight is 341 g/mol. The first kappa shape index (κ1) is 17.2. The van der Waals surface area contributed by atoms with E-state index in [1.54, 1.807) is 23.9 Å². The van der Waals surface area contributed by atoms with E-state index in [1.165, 1.54) is 6.92 Å². The van der Waals surface area contributed by atoms with Gasteiger partial charge in [-0.05, 0) is 49.6 Å². The molecule has 2 aromatic carbocycles. The number of carbonyl (C=O) groups excluding carboxylic acids is 1. The van der Waals surface area contributed by atoms with Gasteiger partial charge in [0.25, 0.3) is 5.91 Å². The third-order valence-electron chi connectivity index (χ3n) is 3.03. The summed E-state index contributed by atoms with van der Waals surface area (Å²) in [6.45, 7) is 1.47. The summed E-state index contributed by atoms with van der Waals surface area (Å²) >= 11 is 1.57. The van der Waals surface area contributed by atoms with Gasteiger partial charge in [0, 0.05) is 4.90 Å². The monoisotopic (exact) mass is 341 g/mol. The lowest BCUT2D eigenvalue weighted by atomic mass is 10.2. The van der Waals surface area contributed by atoms with E-state index >= 15 is 0 Å². The first-order chi connectivity index (χ1) is 10.9. The summed E-state index contributed by atoms with van der Waals surface area (Å²) in [5, 5.41) is 2.17. The standard InChI is InChI=1S/C16H14F3NO2S/c1-9(22-10-3-5-11(23-2)6-4-10)16(21)20-13-8-7-12(17)14(18)15(13)19/h3-9H,1-2H3,(H,20,21).